The predicted octanol–water partition coefficient (Wildman–Crippen LogP) is 3.05. The molecule has 1 aromatic heterocycles. The highest BCUT2D eigenvalue weighted by Crippen LogP contribution is 2.20. The van der Waals surface area contributed by atoms with Crippen LogP contribution in [0.2, 0.25) is 0 Å². The van der Waals surface area contributed by atoms with E-state index in [1.165, 1.54) is 0 Å². The Hall–Kier alpha value is -2.54. The Morgan fingerprint density at radius 1 is 1.28 bits per heavy atom. The molecule has 1 atom stereocenters. The molecule has 0 bridgehead atoms. The summed E-state index contributed by atoms with van der Waals surface area (Å²) in [6, 6.07) is 7.56. The van der Waals surface area contributed by atoms with Crippen LogP contribution in [0.25, 0.3) is 0 Å². The second kappa shape index (κ2) is 12.1. The number of nitrogens with one attached hydrogen (secondary N) is 2. The molecule has 160 valence electrons. The minimum atomic E-state index is -0.676. The molecule has 29 heavy (non-hydrogen) atoms. The maximum Gasteiger partial charge on any atom is 0.191 e. The first-order chi connectivity index (χ1) is 14.0. The number of unbranched alkanes of at least 4 members (excludes halogenated alkanes) is 1. The van der Waals surface area contributed by atoms with Crippen molar-refractivity contribution in [3.05, 3.63) is 48.0 Å². The fraction of sp³-hybridized carbons (Fsp3) is 0.545. The number of aryl methyl sites for hydroxylation is 2. The summed E-state index contributed by atoms with van der Waals surface area (Å²) in [7, 11) is 0. The number of guanidine groups is 1. The lowest BCUT2D eigenvalue weighted by Crippen LogP contribution is -2.38. The molecule has 0 saturated heterocycles. The summed E-state index contributed by atoms with van der Waals surface area (Å²) in [6.07, 6.45) is 5.36. The van der Waals surface area contributed by atoms with Gasteiger partial charge in [0.25, 0.3) is 0 Å². The molecule has 3 N–H and O–H groups in total. The first-order valence-electron chi connectivity index (χ1n) is 10.4. The van der Waals surface area contributed by atoms with Crippen LogP contribution >= 0.6 is 0 Å². The smallest absolute Gasteiger partial charge is 0.191 e. The number of imidazole rings is 1. The molecular formula is C22H35N5O2. The SMILES string of the molecule is CCNC(=NCC(O)c1cccc(OC(C)C)c1)NCCCCn1ccnc1C. The molecule has 0 amide bonds. The predicted molar refractivity (Wildman–Crippen MR) is 117 cm³/mol. The summed E-state index contributed by atoms with van der Waals surface area (Å²) in [5, 5.41) is 17.1. The number of aliphatic hydroxyl groups excluding tert-OH is 1. The van der Waals surface area contributed by atoms with Crippen LogP contribution in [-0.4, -0.2) is 46.4 Å². The van der Waals surface area contributed by atoms with Crippen molar-refractivity contribution in [2.45, 2.75) is 59.3 Å². The van der Waals surface area contributed by atoms with Crippen molar-refractivity contribution in [2.75, 3.05) is 19.6 Å². The third-order valence-corrected chi connectivity index (χ3v) is 4.42. The van der Waals surface area contributed by atoms with Crippen LogP contribution in [0.15, 0.2) is 41.7 Å². The number of aliphatic imine (C=N–C) groups is 1. The third kappa shape index (κ3) is 8.15. The Balaban J connectivity index is 1.80. The molecule has 1 unspecified atom stereocenters. The van der Waals surface area contributed by atoms with Crippen LogP contribution in [0.1, 0.15) is 51.1 Å². The summed E-state index contributed by atoms with van der Waals surface area (Å²) >= 11 is 0. The lowest BCUT2D eigenvalue weighted by atomic mass is 10.1. The molecule has 7 heteroatoms. The quantitative estimate of drug-likeness (QED) is 0.306. The normalized spacial score (nSPS) is 12.8. The van der Waals surface area contributed by atoms with Crippen LogP contribution in [-0.2, 0) is 6.54 Å². The number of hydrogen-bond acceptors (Lipinski definition) is 4. The Kier molecular flexibility index (Phi) is 9.50. The maximum absolute atomic E-state index is 10.5. The van der Waals surface area contributed by atoms with Gasteiger partial charge in [-0.1, -0.05) is 12.1 Å². The van der Waals surface area contributed by atoms with Gasteiger partial charge in [0.05, 0.1) is 18.8 Å². The number of nitrogens with zero attached hydrogens (tertiary/aromatic N) is 3. The zero-order valence-corrected chi connectivity index (χ0v) is 18.1. The van der Waals surface area contributed by atoms with Gasteiger partial charge in [-0.3, -0.25) is 4.99 Å². The second-order valence-corrected chi connectivity index (χ2v) is 7.28. The fourth-order valence-corrected chi connectivity index (χ4v) is 2.95. The van der Waals surface area contributed by atoms with Crippen LogP contribution < -0.4 is 15.4 Å². The van der Waals surface area contributed by atoms with E-state index >= 15 is 0 Å². The standard InChI is InChI=1S/C22H35N5O2/c1-5-23-22(25-11-6-7-13-27-14-12-24-18(27)4)26-16-21(28)19-9-8-10-20(15-19)29-17(2)3/h8-10,12,14-15,17,21,28H,5-7,11,13,16H2,1-4H3,(H2,23,25,26). The van der Waals surface area contributed by atoms with Gasteiger partial charge in [0.1, 0.15) is 11.6 Å². The molecule has 0 aliphatic heterocycles. The molecule has 1 aromatic carbocycles. The molecule has 2 aromatic rings. The van der Waals surface area contributed by atoms with Gasteiger partial charge in [-0.15, -0.1) is 0 Å². The molecule has 7 nitrogen and oxygen atoms in total. The average molecular weight is 402 g/mol. The van der Waals surface area contributed by atoms with Gasteiger partial charge >= 0.3 is 0 Å². The van der Waals surface area contributed by atoms with Crippen LogP contribution in [0.5, 0.6) is 5.75 Å². The van der Waals surface area contributed by atoms with Crippen LogP contribution in [0.3, 0.4) is 0 Å². The first-order valence-corrected chi connectivity index (χ1v) is 10.4. The molecule has 0 radical (unpaired) electrons. The van der Waals surface area contributed by atoms with E-state index in [0.29, 0.717) is 0 Å². The van der Waals surface area contributed by atoms with E-state index in [4.69, 9.17) is 4.74 Å². The summed E-state index contributed by atoms with van der Waals surface area (Å²) in [5.41, 5.74) is 0.804. The lowest BCUT2D eigenvalue weighted by molar-refractivity contribution is 0.185. The van der Waals surface area contributed by atoms with Crippen LogP contribution in [0, 0.1) is 6.92 Å². The van der Waals surface area contributed by atoms with E-state index in [1.54, 1.807) is 0 Å². The summed E-state index contributed by atoms with van der Waals surface area (Å²) < 4.78 is 7.86. The Bertz CT molecular complexity index is 757. The lowest BCUT2D eigenvalue weighted by Gasteiger charge is -2.15. The largest absolute Gasteiger partial charge is 0.491 e. The van der Waals surface area contributed by atoms with E-state index in [-0.39, 0.29) is 12.6 Å². The van der Waals surface area contributed by atoms with Crippen molar-refractivity contribution in [2.24, 2.45) is 4.99 Å². The van der Waals surface area contributed by atoms with Gasteiger partial charge in [-0.05, 0) is 58.2 Å². The van der Waals surface area contributed by atoms with Crippen molar-refractivity contribution in [1.29, 1.82) is 0 Å². The first kappa shape index (κ1) is 22.7. The number of rotatable bonds is 11. The minimum Gasteiger partial charge on any atom is -0.491 e. The topological polar surface area (TPSA) is 83.7 Å². The summed E-state index contributed by atoms with van der Waals surface area (Å²) in [5.74, 6) is 2.53. The highest BCUT2D eigenvalue weighted by molar-refractivity contribution is 5.79. The minimum absolute atomic E-state index is 0.0997. The van der Waals surface area contributed by atoms with Gasteiger partial charge < -0.3 is 25.0 Å². The van der Waals surface area contributed by atoms with Crippen molar-refractivity contribution in [3.63, 3.8) is 0 Å². The monoisotopic (exact) mass is 401 g/mol. The Morgan fingerprint density at radius 3 is 2.79 bits per heavy atom. The van der Waals surface area contributed by atoms with E-state index in [9.17, 15) is 5.11 Å². The second-order valence-electron chi connectivity index (χ2n) is 7.28. The van der Waals surface area contributed by atoms with Crippen molar-refractivity contribution in [1.82, 2.24) is 20.2 Å². The molecule has 1 heterocycles. The van der Waals surface area contributed by atoms with E-state index in [2.05, 4.69) is 25.2 Å². The number of ether oxygens (including phenoxy) is 1. The van der Waals surface area contributed by atoms with E-state index < -0.39 is 6.10 Å². The zero-order valence-electron chi connectivity index (χ0n) is 18.1. The van der Waals surface area contributed by atoms with E-state index in [0.717, 1.165) is 55.6 Å². The van der Waals surface area contributed by atoms with Gasteiger partial charge in [0.2, 0.25) is 0 Å². The van der Waals surface area contributed by atoms with Gasteiger partial charge in [0.15, 0.2) is 5.96 Å². The number of benzene rings is 1. The molecule has 0 fully saturated rings. The van der Waals surface area contributed by atoms with Crippen molar-refractivity contribution >= 4 is 5.96 Å². The number of hydrogen-bond donors (Lipinski definition) is 3. The summed E-state index contributed by atoms with van der Waals surface area (Å²) in [4.78, 5) is 8.77. The number of aliphatic hydroxyl groups is 1. The third-order valence-electron chi connectivity index (χ3n) is 4.42. The highest BCUT2D eigenvalue weighted by atomic mass is 16.5. The highest BCUT2D eigenvalue weighted by Gasteiger charge is 2.09. The van der Waals surface area contributed by atoms with E-state index in [1.807, 2.05) is 64.4 Å². The number of aromatic nitrogens is 2. The molecule has 0 spiro atoms. The summed E-state index contributed by atoms with van der Waals surface area (Å²) in [6.45, 7) is 10.9. The Labute approximate surface area is 174 Å². The molecule has 0 saturated carbocycles. The molecule has 0 aliphatic carbocycles. The van der Waals surface area contributed by atoms with Crippen molar-refractivity contribution < 1.29 is 9.84 Å². The van der Waals surface area contributed by atoms with Gasteiger partial charge in [0, 0.05) is 32.0 Å². The average Bonchev–Trinajstić information content (AvgIpc) is 3.10. The fourth-order valence-electron chi connectivity index (χ4n) is 2.95. The van der Waals surface area contributed by atoms with Gasteiger partial charge in [-0.25, -0.2) is 4.98 Å². The van der Waals surface area contributed by atoms with Crippen molar-refractivity contribution in [3.8, 4) is 5.75 Å². The molecule has 0 aliphatic rings. The van der Waals surface area contributed by atoms with Crippen LogP contribution in [0.4, 0.5) is 0 Å². The zero-order chi connectivity index (χ0) is 21.1. The molecular weight excluding hydrogens is 366 g/mol. The molecule has 2 rings (SSSR count). The maximum atomic E-state index is 10.5. The van der Waals surface area contributed by atoms with Gasteiger partial charge in [-0.2, -0.15) is 0 Å². The Morgan fingerprint density at radius 2 is 2.10 bits per heavy atom.